The van der Waals surface area contributed by atoms with Crippen LogP contribution in [0.4, 0.5) is 19.0 Å². The maximum absolute atomic E-state index is 14.0. The number of hydrogen-bond acceptors (Lipinski definition) is 5. The van der Waals surface area contributed by atoms with Gasteiger partial charge < -0.3 is 19.7 Å². The van der Waals surface area contributed by atoms with Crippen LogP contribution in [0.2, 0.25) is 5.02 Å². The summed E-state index contributed by atoms with van der Waals surface area (Å²) < 4.78 is 53.4. The van der Waals surface area contributed by atoms with Crippen LogP contribution in [0.3, 0.4) is 0 Å². The van der Waals surface area contributed by atoms with Crippen LogP contribution in [0.5, 0.6) is 11.5 Å². The van der Waals surface area contributed by atoms with Crippen LogP contribution < -0.4 is 14.8 Å². The number of amides is 1. The molecule has 33 heavy (non-hydrogen) atoms. The van der Waals surface area contributed by atoms with Crippen LogP contribution in [-0.4, -0.2) is 54.1 Å². The molecular weight excluding hydrogens is 461 g/mol. The van der Waals surface area contributed by atoms with E-state index >= 15 is 0 Å². The summed E-state index contributed by atoms with van der Waals surface area (Å²) in [4.78, 5) is 14.6. The summed E-state index contributed by atoms with van der Waals surface area (Å²) in [5.41, 5.74) is 0.416. The number of carbonyl (C=O) groups is 1. The van der Waals surface area contributed by atoms with Crippen LogP contribution in [0.25, 0.3) is 0 Å². The molecule has 0 bridgehead atoms. The van der Waals surface area contributed by atoms with Crippen LogP contribution >= 0.6 is 11.6 Å². The number of anilines is 1. The molecule has 11 heteroatoms. The molecule has 2 atom stereocenters. The van der Waals surface area contributed by atoms with Gasteiger partial charge in [0.15, 0.2) is 23.2 Å². The zero-order valence-corrected chi connectivity index (χ0v) is 19.3. The average molecular weight is 487 g/mol. The lowest BCUT2D eigenvalue weighted by atomic mass is 9.96. The lowest BCUT2D eigenvalue weighted by molar-refractivity contribution is -0.173. The average Bonchev–Trinajstić information content (AvgIpc) is 3.13. The molecule has 1 saturated heterocycles. The van der Waals surface area contributed by atoms with Crippen molar-refractivity contribution in [3.05, 3.63) is 34.5 Å². The van der Waals surface area contributed by atoms with E-state index in [1.54, 1.807) is 23.1 Å². The molecule has 1 fully saturated rings. The summed E-state index contributed by atoms with van der Waals surface area (Å²) in [5, 5.41) is 7.01. The summed E-state index contributed by atoms with van der Waals surface area (Å²) >= 11 is 6.45. The molecule has 0 radical (unpaired) electrons. The molecule has 1 aromatic heterocycles. The number of piperidine rings is 1. The molecular formula is C22H26ClF3N4O3. The van der Waals surface area contributed by atoms with Crippen molar-refractivity contribution in [1.29, 1.82) is 0 Å². The summed E-state index contributed by atoms with van der Waals surface area (Å²) in [6, 6.07) is 2.28. The first-order chi connectivity index (χ1) is 15.6. The number of benzene rings is 1. The number of ether oxygens (including phenoxy) is 2. The van der Waals surface area contributed by atoms with E-state index in [0.29, 0.717) is 36.1 Å². The number of likely N-dealkylation sites (tertiary alicyclic amines) is 1. The topological polar surface area (TPSA) is 68.6 Å². The SMILES string of the molecule is COc1ccc([C@H]2C[C@H](C(F)(F)F)n3nc(C(=O)N4CCC(C)CC4)c(Cl)c3N2)cc1OC. The molecule has 1 aromatic carbocycles. The predicted octanol–water partition coefficient (Wildman–Crippen LogP) is 5.09. The molecule has 7 nitrogen and oxygen atoms in total. The van der Waals surface area contributed by atoms with Crippen molar-refractivity contribution >= 4 is 23.3 Å². The minimum Gasteiger partial charge on any atom is -0.493 e. The number of fused-ring (bicyclic) bond motifs is 1. The number of nitrogens with zero attached hydrogens (tertiary/aromatic N) is 3. The first-order valence-electron chi connectivity index (χ1n) is 10.8. The third kappa shape index (κ3) is 4.45. The predicted molar refractivity (Wildman–Crippen MR) is 117 cm³/mol. The van der Waals surface area contributed by atoms with E-state index in [1.165, 1.54) is 14.2 Å². The van der Waals surface area contributed by atoms with Gasteiger partial charge in [0.1, 0.15) is 10.8 Å². The molecule has 4 rings (SSSR count). The van der Waals surface area contributed by atoms with Crippen LogP contribution in [-0.2, 0) is 0 Å². The number of rotatable bonds is 4. The first-order valence-corrected chi connectivity index (χ1v) is 11.1. The molecule has 2 aliphatic heterocycles. The Bertz CT molecular complexity index is 1030. The minimum atomic E-state index is -4.58. The lowest BCUT2D eigenvalue weighted by Crippen LogP contribution is -2.38. The molecule has 0 spiro atoms. The molecule has 2 aliphatic rings. The van der Waals surface area contributed by atoms with Gasteiger partial charge in [-0.2, -0.15) is 18.3 Å². The quantitative estimate of drug-likeness (QED) is 0.652. The molecule has 0 aliphatic carbocycles. The van der Waals surface area contributed by atoms with E-state index in [2.05, 4.69) is 17.3 Å². The molecule has 0 saturated carbocycles. The van der Waals surface area contributed by atoms with E-state index in [1.807, 2.05) is 0 Å². The van der Waals surface area contributed by atoms with Crippen molar-refractivity contribution in [1.82, 2.24) is 14.7 Å². The monoisotopic (exact) mass is 486 g/mol. The summed E-state index contributed by atoms with van der Waals surface area (Å²) in [6.45, 7) is 3.17. The molecule has 0 unspecified atom stereocenters. The van der Waals surface area contributed by atoms with Crippen LogP contribution in [0, 0.1) is 5.92 Å². The Labute approximate surface area is 194 Å². The number of alkyl halides is 3. The summed E-state index contributed by atoms with van der Waals surface area (Å²) in [6.07, 6.45) is -3.23. The molecule has 2 aromatic rings. The number of hydrogen-bond donors (Lipinski definition) is 1. The number of methoxy groups -OCH3 is 2. The Kier molecular flexibility index (Phi) is 6.39. The zero-order chi connectivity index (χ0) is 23.9. The fourth-order valence-corrected chi connectivity index (χ4v) is 4.64. The Morgan fingerprint density at radius 3 is 2.45 bits per heavy atom. The smallest absolute Gasteiger partial charge is 0.410 e. The van der Waals surface area contributed by atoms with E-state index in [4.69, 9.17) is 21.1 Å². The molecule has 180 valence electrons. The van der Waals surface area contributed by atoms with Gasteiger partial charge in [0, 0.05) is 19.5 Å². The lowest BCUT2D eigenvalue weighted by Gasteiger charge is -2.33. The highest BCUT2D eigenvalue weighted by molar-refractivity contribution is 6.36. The third-order valence-electron chi connectivity index (χ3n) is 6.38. The largest absolute Gasteiger partial charge is 0.493 e. The molecule has 3 heterocycles. The second-order valence-electron chi connectivity index (χ2n) is 8.53. The Hall–Kier alpha value is -2.62. The van der Waals surface area contributed by atoms with Crippen molar-refractivity contribution in [3.63, 3.8) is 0 Å². The highest BCUT2D eigenvalue weighted by atomic mass is 35.5. The van der Waals surface area contributed by atoms with E-state index in [0.717, 1.165) is 17.5 Å². The van der Waals surface area contributed by atoms with Crippen molar-refractivity contribution in [2.45, 2.75) is 44.4 Å². The Morgan fingerprint density at radius 1 is 1.18 bits per heavy atom. The highest BCUT2D eigenvalue weighted by Gasteiger charge is 2.48. The van der Waals surface area contributed by atoms with Crippen LogP contribution in [0.1, 0.15) is 54.3 Å². The zero-order valence-electron chi connectivity index (χ0n) is 18.6. The third-order valence-corrected chi connectivity index (χ3v) is 6.74. The first kappa shape index (κ1) is 23.5. The van der Waals surface area contributed by atoms with Crippen molar-refractivity contribution < 1.29 is 27.4 Å². The Balaban J connectivity index is 1.70. The van der Waals surface area contributed by atoms with Gasteiger partial charge in [-0.3, -0.25) is 4.79 Å². The second-order valence-corrected chi connectivity index (χ2v) is 8.91. The number of nitrogens with one attached hydrogen (secondary N) is 1. The fraction of sp³-hybridized carbons (Fsp3) is 0.545. The molecule has 1 amide bonds. The van der Waals surface area contributed by atoms with Gasteiger partial charge >= 0.3 is 6.18 Å². The second kappa shape index (κ2) is 8.96. The van der Waals surface area contributed by atoms with Crippen molar-refractivity contribution in [2.75, 3.05) is 32.6 Å². The van der Waals surface area contributed by atoms with E-state index in [9.17, 15) is 18.0 Å². The molecule has 1 N–H and O–H groups in total. The maximum Gasteiger partial charge on any atom is 0.410 e. The van der Waals surface area contributed by atoms with Crippen LogP contribution in [0.15, 0.2) is 18.2 Å². The van der Waals surface area contributed by atoms with Gasteiger partial charge in [-0.05, 0) is 36.5 Å². The van der Waals surface area contributed by atoms with Crippen molar-refractivity contribution in [3.8, 4) is 11.5 Å². The minimum absolute atomic E-state index is 0.0150. The van der Waals surface area contributed by atoms with Gasteiger partial charge in [-0.25, -0.2) is 4.68 Å². The van der Waals surface area contributed by atoms with Gasteiger partial charge in [-0.15, -0.1) is 0 Å². The number of aromatic nitrogens is 2. The highest BCUT2D eigenvalue weighted by Crippen LogP contribution is 2.47. The van der Waals surface area contributed by atoms with E-state index in [-0.39, 0.29) is 23.0 Å². The van der Waals surface area contributed by atoms with Gasteiger partial charge in [0.05, 0.1) is 20.3 Å². The van der Waals surface area contributed by atoms with Crippen molar-refractivity contribution in [2.24, 2.45) is 5.92 Å². The fourth-order valence-electron chi connectivity index (χ4n) is 4.38. The summed E-state index contributed by atoms with van der Waals surface area (Å²) in [7, 11) is 2.94. The van der Waals surface area contributed by atoms with Gasteiger partial charge in [0.25, 0.3) is 5.91 Å². The van der Waals surface area contributed by atoms with Gasteiger partial charge in [-0.1, -0.05) is 24.6 Å². The van der Waals surface area contributed by atoms with E-state index < -0.39 is 24.2 Å². The number of halogens is 4. The standard InChI is InChI=1S/C22H26ClF3N4O3/c1-12-6-8-29(9-7-12)21(31)19-18(23)20-27-14(11-17(22(24,25)26)30(20)28-19)13-4-5-15(32-2)16(10-13)33-3/h4-5,10,12,14,17,27H,6-9,11H2,1-3H3/t14-,17-/m1/s1. The normalized spacial score (nSPS) is 21.4. The number of carbonyl (C=O) groups excluding carboxylic acids is 1. The maximum atomic E-state index is 14.0. The van der Waals surface area contributed by atoms with Gasteiger partial charge in [0.2, 0.25) is 0 Å². The summed E-state index contributed by atoms with van der Waals surface area (Å²) in [5.74, 6) is 0.910. The Morgan fingerprint density at radius 2 is 1.85 bits per heavy atom.